The average Bonchev–Trinajstić information content (AvgIpc) is 3.39. The average molecular weight is 595 g/mol. The fourth-order valence-electron chi connectivity index (χ4n) is 5.14. The first-order valence-electron chi connectivity index (χ1n) is 14.5. The van der Waals surface area contributed by atoms with E-state index in [1.54, 1.807) is 12.1 Å². The van der Waals surface area contributed by atoms with E-state index in [4.69, 9.17) is 11.5 Å². The van der Waals surface area contributed by atoms with Crippen molar-refractivity contribution in [2.75, 3.05) is 13.1 Å². The Bertz CT molecular complexity index is 1250. The van der Waals surface area contributed by atoms with Crippen LogP contribution >= 0.6 is 0 Å². The fraction of sp³-hybridized carbons (Fsp3) is 0.452. The third-order valence-electron chi connectivity index (χ3n) is 7.40. The van der Waals surface area contributed by atoms with Crippen molar-refractivity contribution in [3.63, 3.8) is 0 Å². The maximum atomic E-state index is 13.9. The molecule has 0 spiro atoms. The van der Waals surface area contributed by atoms with Crippen molar-refractivity contribution < 1.29 is 29.4 Å². The van der Waals surface area contributed by atoms with E-state index in [1.807, 2.05) is 37.3 Å². The Morgan fingerprint density at radius 1 is 1.05 bits per heavy atom. The lowest BCUT2D eigenvalue weighted by molar-refractivity contribution is -0.143. The Labute approximate surface area is 251 Å². The Morgan fingerprint density at radius 3 is 2.40 bits per heavy atom. The topological polar surface area (TPSA) is 200 Å². The zero-order valence-electron chi connectivity index (χ0n) is 24.4. The number of aromatic hydroxyl groups is 1. The number of aldehydes is 1. The molecule has 1 fully saturated rings. The lowest BCUT2D eigenvalue weighted by Crippen LogP contribution is -2.56. The number of nitrogens with one attached hydrogen (secondary N) is 2. The first kappa shape index (κ1) is 33.1. The molecule has 3 amide bonds. The van der Waals surface area contributed by atoms with Gasteiger partial charge >= 0.3 is 0 Å². The quantitative estimate of drug-likeness (QED) is 0.0735. The Balaban J connectivity index is 1.72. The summed E-state index contributed by atoms with van der Waals surface area (Å²) in [7, 11) is 0. The van der Waals surface area contributed by atoms with Gasteiger partial charge in [-0.25, -0.2) is 0 Å². The van der Waals surface area contributed by atoms with Crippen LogP contribution < -0.4 is 22.1 Å². The molecule has 12 heteroatoms. The number of guanidine groups is 1. The highest BCUT2D eigenvalue weighted by Gasteiger charge is 2.41. The second kappa shape index (κ2) is 16.3. The van der Waals surface area contributed by atoms with E-state index in [-0.39, 0.29) is 30.5 Å². The summed E-state index contributed by atoms with van der Waals surface area (Å²) >= 11 is 0. The second-order valence-electron chi connectivity index (χ2n) is 11.0. The van der Waals surface area contributed by atoms with E-state index < -0.39 is 42.0 Å². The molecule has 1 aliphatic rings. The first-order chi connectivity index (χ1) is 20.6. The highest BCUT2D eigenvalue weighted by atomic mass is 16.3. The van der Waals surface area contributed by atoms with Crippen LogP contribution in [0.1, 0.15) is 43.7 Å². The minimum atomic E-state index is -1.43. The Morgan fingerprint density at radius 2 is 1.74 bits per heavy atom. The van der Waals surface area contributed by atoms with Gasteiger partial charge in [0.15, 0.2) is 5.96 Å². The summed E-state index contributed by atoms with van der Waals surface area (Å²) in [4.78, 5) is 57.3. The molecule has 1 heterocycles. The molecule has 5 atom stereocenters. The molecule has 0 aliphatic carbocycles. The van der Waals surface area contributed by atoms with Crippen molar-refractivity contribution in [3.8, 4) is 5.75 Å². The molecule has 3 rings (SSSR count). The maximum Gasteiger partial charge on any atom is 0.249 e. The van der Waals surface area contributed by atoms with Crippen LogP contribution in [0.2, 0.25) is 0 Å². The highest BCUT2D eigenvalue weighted by molar-refractivity contribution is 5.94. The van der Waals surface area contributed by atoms with Gasteiger partial charge in [0, 0.05) is 19.5 Å². The number of rotatable bonds is 15. The van der Waals surface area contributed by atoms with Crippen LogP contribution in [0.25, 0.3) is 0 Å². The minimum Gasteiger partial charge on any atom is -0.508 e. The molecule has 0 radical (unpaired) electrons. The van der Waals surface area contributed by atoms with Gasteiger partial charge in [-0.1, -0.05) is 49.4 Å². The van der Waals surface area contributed by atoms with E-state index in [9.17, 15) is 29.4 Å². The fourth-order valence-corrected chi connectivity index (χ4v) is 5.14. The maximum absolute atomic E-state index is 13.9. The van der Waals surface area contributed by atoms with Gasteiger partial charge in [-0.15, -0.1) is 0 Å². The summed E-state index contributed by atoms with van der Waals surface area (Å²) in [5.74, 6) is -1.56. The molecule has 232 valence electrons. The van der Waals surface area contributed by atoms with E-state index in [2.05, 4.69) is 15.6 Å². The Hall–Kier alpha value is -4.45. The lowest BCUT2D eigenvalue weighted by atomic mass is 10.0. The molecule has 12 nitrogen and oxygen atoms in total. The number of aliphatic imine (C=N–C) groups is 1. The number of likely N-dealkylation sites (tertiary alicyclic amines) is 1. The largest absolute Gasteiger partial charge is 0.508 e. The molecular weight excluding hydrogens is 552 g/mol. The van der Waals surface area contributed by atoms with E-state index in [0.29, 0.717) is 50.6 Å². The summed E-state index contributed by atoms with van der Waals surface area (Å²) in [6.45, 7) is 2.55. The van der Waals surface area contributed by atoms with Crippen molar-refractivity contribution in [1.82, 2.24) is 15.5 Å². The number of aryl methyl sites for hydroxylation is 1. The van der Waals surface area contributed by atoms with Crippen LogP contribution in [0, 0.1) is 5.92 Å². The van der Waals surface area contributed by atoms with E-state index >= 15 is 0 Å². The molecule has 1 saturated heterocycles. The van der Waals surface area contributed by atoms with Crippen LogP contribution in [-0.4, -0.2) is 82.4 Å². The number of amides is 3. The van der Waals surface area contributed by atoms with E-state index in [1.165, 1.54) is 17.0 Å². The van der Waals surface area contributed by atoms with Crippen LogP contribution in [0.3, 0.4) is 0 Å². The molecule has 2 aromatic rings. The molecule has 0 bridgehead atoms. The van der Waals surface area contributed by atoms with E-state index in [0.717, 1.165) is 5.56 Å². The predicted octanol–water partition coefficient (Wildman–Crippen LogP) is 0.388. The van der Waals surface area contributed by atoms with Gasteiger partial charge in [0.1, 0.15) is 30.2 Å². The Kier molecular flexibility index (Phi) is 12.5. The van der Waals surface area contributed by atoms with Gasteiger partial charge in [0.2, 0.25) is 17.7 Å². The molecule has 1 unspecified atom stereocenters. The van der Waals surface area contributed by atoms with Gasteiger partial charge in [-0.3, -0.25) is 19.4 Å². The zero-order valence-corrected chi connectivity index (χ0v) is 24.4. The number of aliphatic hydroxyl groups excluding tert-OH is 1. The molecule has 1 aliphatic heterocycles. The molecule has 8 N–H and O–H groups in total. The predicted molar refractivity (Wildman–Crippen MR) is 162 cm³/mol. The number of phenols is 1. The molecule has 0 aromatic heterocycles. The molecular formula is C31H42N6O6. The van der Waals surface area contributed by atoms with Gasteiger partial charge in [0.25, 0.3) is 0 Å². The standard InChI is InChI=1S/C31H42N6O6/c1-20-16-26(28(41)35-23(19-38)8-5-15-34-31(32)33)37(18-20)30(43)25(14-11-21-6-3-2-4-7-21)36-29(42)27(40)17-22-9-12-24(39)13-10-22/h2-4,6-7,9-10,12-13,19-20,23,25-27,39-40H,5,8,11,14-18H2,1H3,(H,35,41)(H,36,42)(H4,32,33,34)/t20-,23?,25+,26-,27+/m0/s1. The third-order valence-corrected chi connectivity index (χ3v) is 7.40. The molecule has 2 aromatic carbocycles. The summed E-state index contributed by atoms with van der Waals surface area (Å²) in [5.41, 5.74) is 12.3. The number of nitrogens with two attached hydrogens (primary N) is 2. The number of carbonyl (C=O) groups excluding carboxylic acids is 4. The van der Waals surface area contributed by atoms with Crippen molar-refractivity contribution >= 4 is 30.0 Å². The minimum absolute atomic E-state index is 0.00619. The van der Waals surface area contributed by atoms with Gasteiger partial charge in [0.05, 0.1) is 6.04 Å². The summed E-state index contributed by atoms with van der Waals surface area (Å²) in [6.07, 6.45) is 1.16. The second-order valence-corrected chi connectivity index (χ2v) is 11.0. The van der Waals surface area contributed by atoms with Crippen LogP contribution in [0.15, 0.2) is 59.6 Å². The van der Waals surface area contributed by atoms with Crippen molar-refractivity contribution in [1.29, 1.82) is 0 Å². The summed E-state index contributed by atoms with van der Waals surface area (Å²) < 4.78 is 0. The number of phenolic OH excluding ortho intramolecular Hbond substituents is 1. The summed E-state index contributed by atoms with van der Waals surface area (Å²) in [6, 6.07) is 13.0. The van der Waals surface area contributed by atoms with Crippen molar-refractivity contribution in [3.05, 3.63) is 65.7 Å². The van der Waals surface area contributed by atoms with Crippen molar-refractivity contribution in [2.45, 2.75) is 69.7 Å². The number of aliphatic hydroxyl groups is 1. The van der Waals surface area contributed by atoms with Crippen molar-refractivity contribution in [2.24, 2.45) is 22.4 Å². The summed E-state index contributed by atoms with van der Waals surface area (Å²) in [5, 5.41) is 25.6. The normalized spacial score (nSPS) is 18.2. The number of benzene rings is 2. The number of hydrogen-bond donors (Lipinski definition) is 6. The first-order valence-corrected chi connectivity index (χ1v) is 14.5. The zero-order chi connectivity index (χ0) is 31.4. The van der Waals surface area contributed by atoms with Crippen LogP contribution in [0.4, 0.5) is 0 Å². The molecule has 0 saturated carbocycles. The van der Waals surface area contributed by atoms with Gasteiger partial charge in [-0.2, -0.15) is 0 Å². The number of nitrogens with zero attached hydrogens (tertiary/aromatic N) is 2. The third kappa shape index (κ3) is 10.4. The van der Waals surface area contributed by atoms with Crippen LogP contribution in [-0.2, 0) is 32.0 Å². The lowest BCUT2D eigenvalue weighted by Gasteiger charge is -2.30. The van der Waals surface area contributed by atoms with Gasteiger partial charge < -0.3 is 42.0 Å². The smallest absolute Gasteiger partial charge is 0.249 e. The SMILES string of the molecule is C[C@H]1C[C@@H](C(=O)NC(C=O)CCCN=C(N)N)N(C(=O)[C@@H](CCc2ccccc2)NC(=O)[C@H](O)Cc2ccc(O)cc2)C1. The number of carbonyl (C=O) groups is 4. The monoisotopic (exact) mass is 594 g/mol. The highest BCUT2D eigenvalue weighted by Crippen LogP contribution is 2.25. The van der Waals surface area contributed by atoms with Gasteiger partial charge in [-0.05, 0) is 61.3 Å². The number of hydrogen-bond acceptors (Lipinski definition) is 7. The molecule has 43 heavy (non-hydrogen) atoms. The van der Waals surface area contributed by atoms with Crippen LogP contribution in [0.5, 0.6) is 5.75 Å².